The normalized spacial score (nSPS) is 14.5. The van der Waals surface area contributed by atoms with Gasteiger partial charge < -0.3 is 9.84 Å². The number of nitrogens with one attached hydrogen (secondary N) is 1. The fourth-order valence-corrected chi connectivity index (χ4v) is 5.59. The van der Waals surface area contributed by atoms with Gasteiger partial charge in [-0.15, -0.1) is 11.3 Å². The van der Waals surface area contributed by atoms with E-state index in [9.17, 15) is 23.5 Å². The third-order valence-corrected chi connectivity index (χ3v) is 8.01. The molecule has 5 nitrogen and oxygen atoms in total. The Morgan fingerprint density at radius 2 is 1.58 bits per heavy atom. The molecule has 0 saturated heterocycles. The van der Waals surface area contributed by atoms with Crippen molar-refractivity contribution < 1.29 is 28.2 Å². The minimum absolute atomic E-state index is 0.0670. The van der Waals surface area contributed by atoms with E-state index in [4.69, 9.17) is 16.3 Å². The van der Waals surface area contributed by atoms with Crippen LogP contribution in [-0.4, -0.2) is 17.2 Å². The van der Waals surface area contributed by atoms with Crippen molar-refractivity contribution in [3.63, 3.8) is 0 Å². The van der Waals surface area contributed by atoms with Gasteiger partial charge in [-0.3, -0.25) is 10.1 Å². The summed E-state index contributed by atoms with van der Waals surface area (Å²) in [5.41, 5.74) is 3.14. The van der Waals surface area contributed by atoms with Crippen LogP contribution >= 0.6 is 22.9 Å². The molecule has 3 aromatic carbocycles. The molecule has 1 amide bonds. The third kappa shape index (κ3) is 5.14. The van der Waals surface area contributed by atoms with Crippen molar-refractivity contribution in [2.75, 3.05) is 5.32 Å². The third-order valence-electron chi connectivity index (χ3n) is 6.70. The van der Waals surface area contributed by atoms with E-state index >= 15 is 0 Å². The molecule has 194 valence electrons. The molecule has 38 heavy (non-hydrogen) atoms. The molecule has 2 N–H and O–H groups in total. The number of rotatable bonds is 7. The fourth-order valence-electron chi connectivity index (χ4n) is 4.40. The minimum atomic E-state index is -1.01. The number of carbonyl (C=O) groups is 2. The Hall–Kier alpha value is -3.75. The average molecular weight is 554 g/mol. The molecule has 0 aliphatic heterocycles. The Labute approximate surface area is 226 Å². The van der Waals surface area contributed by atoms with E-state index in [1.54, 1.807) is 6.07 Å². The molecule has 5 rings (SSSR count). The zero-order valence-corrected chi connectivity index (χ0v) is 21.7. The first-order valence-electron chi connectivity index (χ1n) is 11.8. The molecule has 9 heteroatoms. The molecule has 1 fully saturated rings. The zero-order valence-electron chi connectivity index (χ0n) is 20.1. The zero-order chi connectivity index (χ0) is 27.0. The summed E-state index contributed by atoms with van der Waals surface area (Å²) in [5, 5.41) is 12.2. The molecule has 0 bridgehead atoms. The predicted octanol–water partition coefficient (Wildman–Crippen LogP) is 8.44. The summed E-state index contributed by atoms with van der Waals surface area (Å²) >= 11 is 7.51. The molecule has 1 aliphatic rings. The van der Waals surface area contributed by atoms with E-state index < -0.39 is 35.2 Å². The van der Waals surface area contributed by atoms with Crippen molar-refractivity contribution in [2.24, 2.45) is 0 Å². The van der Waals surface area contributed by atoms with Gasteiger partial charge in [0.2, 0.25) is 0 Å². The number of hydrogen-bond acceptors (Lipinski definition) is 4. The number of anilines is 1. The van der Waals surface area contributed by atoms with Gasteiger partial charge in [-0.25, -0.2) is 13.6 Å². The quantitative estimate of drug-likeness (QED) is 0.241. The molecule has 1 atom stereocenters. The first-order chi connectivity index (χ1) is 18.2. The van der Waals surface area contributed by atoms with E-state index in [0.717, 1.165) is 40.5 Å². The Bertz CT molecular complexity index is 1510. The maximum atomic E-state index is 14.0. The van der Waals surface area contributed by atoms with Gasteiger partial charge in [-0.2, -0.15) is 0 Å². The molecule has 1 aromatic heterocycles. The second kappa shape index (κ2) is 10.2. The SMILES string of the molecule is CC(OC(=O)Nc1cc(Cl)sc1-c1ccc(-c2ccc(C3(C(=O)O)CC3)cc2)cc1)c1cc(F)ccc1F. The summed E-state index contributed by atoms with van der Waals surface area (Å²) in [7, 11) is 0. The van der Waals surface area contributed by atoms with E-state index in [2.05, 4.69) is 5.32 Å². The van der Waals surface area contributed by atoms with Crippen molar-refractivity contribution in [1.82, 2.24) is 0 Å². The van der Waals surface area contributed by atoms with Crippen molar-refractivity contribution in [1.29, 1.82) is 0 Å². The van der Waals surface area contributed by atoms with Gasteiger partial charge in [0.25, 0.3) is 0 Å². The summed E-state index contributed by atoms with van der Waals surface area (Å²) in [5.74, 6) is -2.08. The highest BCUT2D eigenvalue weighted by molar-refractivity contribution is 7.20. The van der Waals surface area contributed by atoms with Crippen LogP contribution in [-0.2, 0) is 14.9 Å². The maximum absolute atomic E-state index is 14.0. The predicted molar refractivity (Wildman–Crippen MR) is 144 cm³/mol. The summed E-state index contributed by atoms with van der Waals surface area (Å²) in [4.78, 5) is 24.8. The lowest BCUT2D eigenvalue weighted by Gasteiger charge is -2.15. The number of hydrogen-bond donors (Lipinski definition) is 2. The van der Waals surface area contributed by atoms with Crippen molar-refractivity contribution in [2.45, 2.75) is 31.3 Å². The molecule has 0 spiro atoms. The summed E-state index contributed by atoms with van der Waals surface area (Å²) in [6.45, 7) is 1.45. The highest BCUT2D eigenvalue weighted by atomic mass is 35.5. The molecule has 1 aliphatic carbocycles. The molecular weight excluding hydrogens is 532 g/mol. The molecule has 1 unspecified atom stereocenters. The topological polar surface area (TPSA) is 75.6 Å². The molecule has 4 aromatic rings. The van der Waals surface area contributed by atoms with Crippen LogP contribution in [0, 0.1) is 11.6 Å². The van der Waals surface area contributed by atoms with Gasteiger partial charge in [0, 0.05) is 5.56 Å². The number of carboxylic acids is 1. The van der Waals surface area contributed by atoms with Crippen LogP contribution in [0.3, 0.4) is 0 Å². The number of thiophene rings is 1. The van der Waals surface area contributed by atoms with E-state index in [1.807, 2.05) is 48.5 Å². The molecule has 0 radical (unpaired) electrons. The van der Waals surface area contributed by atoms with Crippen LogP contribution < -0.4 is 5.32 Å². The number of carboxylic acid groups (broad SMARTS) is 1. The van der Waals surface area contributed by atoms with Gasteiger partial charge in [-0.1, -0.05) is 60.1 Å². The highest BCUT2D eigenvalue weighted by Gasteiger charge is 2.51. The lowest BCUT2D eigenvalue weighted by molar-refractivity contribution is -0.140. The van der Waals surface area contributed by atoms with Gasteiger partial charge >= 0.3 is 12.1 Å². The van der Waals surface area contributed by atoms with Gasteiger partial charge in [0.1, 0.15) is 17.7 Å². The van der Waals surface area contributed by atoms with Crippen LogP contribution in [0.15, 0.2) is 72.8 Å². The number of amides is 1. The van der Waals surface area contributed by atoms with Crippen molar-refractivity contribution in [3.8, 4) is 21.6 Å². The van der Waals surface area contributed by atoms with Crippen molar-refractivity contribution >= 4 is 40.7 Å². The summed E-state index contributed by atoms with van der Waals surface area (Å²) in [6.07, 6.45) is -0.531. The van der Waals surface area contributed by atoms with Gasteiger partial charge in [0.15, 0.2) is 0 Å². The monoisotopic (exact) mass is 553 g/mol. The first kappa shape index (κ1) is 25.9. The Balaban J connectivity index is 1.30. The lowest BCUT2D eigenvalue weighted by atomic mass is 9.93. The first-order valence-corrected chi connectivity index (χ1v) is 13.0. The average Bonchev–Trinajstić information content (AvgIpc) is 3.64. The van der Waals surface area contributed by atoms with Crippen molar-refractivity contribution in [3.05, 3.63) is 99.9 Å². The molecular formula is C29H22ClF2NO4S. The van der Waals surface area contributed by atoms with Gasteiger partial charge in [0.05, 0.1) is 20.3 Å². The number of halogens is 3. The smallest absolute Gasteiger partial charge is 0.412 e. The fraction of sp³-hybridized carbons (Fsp3) is 0.172. The number of ether oxygens (including phenoxy) is 1. The van der Waals surface area contributed by atoms with E-state index in [0.29, 0.717) is 27.7 Å². The Morgan fingerprint density at radius 1 is 0.974 bits per heavy atom. The van der Waals surface area contributed by atoms with E-state index in [-0.39, 0.29) is 5.56 Å². The largest absolute Gasteiger partial charge is 0.481 e. The van der Waals surface area contributed by atoms with Crippen LogP contribution in [0.2, 0.25) is 4.34 Å². The molecule has 1 heterocycles. The summed E-state index contributed by atoms with van der Waals surface area (Å²) < 4.78 is 33.3. The Morgan fingerprint density at radius 3 is 2.18 bits per heavy atom. The summed E-state index contributed by atoms with van der Waals surface area (Å²) in [6, 6.07) is 19.8. The number of aliphatic carboxylic acids is 1. The van der Waals surface area contributed by atoms with Crippen LogP contribution in [0.1, 0.15) is 37.0 Å². The second-order valence-electron chi connectivity index (χ2n) is 9.17. The lowest BCUT2D eigenvalue weighted by Crippen LogP contribution is -2.19. The Kier molecular flexibility index (Phi) is 6.94. The van der Waals surface area contributed by atoms with Crippen LogP contribution in [0.4, 0.5) is 19.3 Å². The number of carbonyl (C=O) groups excluding carboxylic acids is 1. The molecule has 1 saturated carbocycles. The highest BCUT2D eigenvalue weighted by Crippen LogP contribution is 2.48. The number of benzene rings is 3. The minimum Gasteiger partial charge on any atom is -0.481 e. The van der Waals surface area contributed by atoms with E-state index in [1.165, 1.54) is 18.3 Å². The van der Waals surface area contributed by atoms with Crippen LogP contribution in [0.25, 0.3) is 21.6 Å². The van der Waals surface area contributed by atoms with Crippen LogP contribution in [0.5, 0.6) is 0 Å². The van der Waals surface area contributed by atoms with Gasteiger partial charge in [-0.05, 0) is 66.3 Å². The second-order valence-corrected chi connectivity index (χ2v) is 10.9. The standard InChI is InChI=1S/C29H22ClF2NO4S/c1-16(22-14-21(31)10-11-23(22)32)37-28(36)33-24-15-25(30)38-26(24)19-4-2-17(3-5-19)18-6-8-20(9-7-18)29(12-13-29)27(34)35/h2-11,14-16H,12-13H2,1H3,(H,33,36)(H,34,35). The maximum Gasteiger partial charge on any atom is 0.412 e.